The van der Waals surface area contributed by atoms with Gasteiger partial charge in [0.15, 0.2) is 0 Å². The van der Waals surface area contributed by atoms with Gasteiger partial charge in [-0.05, 0) is 69.7 Å². The third-order valence-corrected chi connectivity index (χ3v) is 8.54. The fourth-order valence-corrected chi connectivity index (χ4v) is 5.68. The summed E-state index contributed by atoms with van der Waals surface area (Å²) in [6.45, 7) is 6.21. The molecular weight excluding hydrogens is 564 g/mol. The van der Waals surface area contributed by atoms with E-state index in [0.29, 0.717) is 5.56 Å². The molecule has 208 valence electrons. The van der Waals surface area contributed by atoms with E-state index in [1.165, 1.54) is 59.5 Å². The zero-order valence-electron chi connectivity index (χ0n) is 22.0. The van der Waals surface area contributed by atoms with E-state index in [2.05, 4.69) is 5.32 Å². The Morgan fingerprint density at radius 3 is 2.15 bits per heavy atom. The zero-order valence-corrected chi connectivity index (χ0v) is 24.3. The van der Waals surface area contributed by atoms with Gasteiger partial charge in [-0.1, -0.05) is 59.1 Å². The highest BCUT2D eigenvalue weighted by molar-refractivity contribution is 7.92. The Labute approximate surface area is 238 Å². The molecule has 0 saturated carbocycles. The standard InChI is InChI=1S/C28H30Cl2FN3O4S/c1-18(2)32-28(36)20(4)33(16-21-10-12-22(31)13-11-21)26(35)17-34(25-7-5-6-24(29)27(25)30)39(37,38)23-14-8-19(3)9-15-23/h5-15,18,20H,16-17H2,1-4H3,(H,32,36)/t20-/m0/s1. The number of carbonyl (C=O) groups excluding carboxylic acids is 2. The fourth-order valence-electron chi connectivity index (χ4n) is 3.81. The molecule has 0 spiro atoms. The number of hydrogen-bond acceptors (Lipinski definition) is 4. The number of nitrogens with zero attached hydrogens (tertiary/aromatic N) is 2. The highest BCUT2D eigenvalue weighted by Gasteiger charge is 2.33. The molecule has 3 aromatic carbocycles. The van der Waals surface area contributed by atoms with Gasteiger partial charge in [-0.2, -0.15) is 0 Å². The molecule has 0 aromatic heterocycles. The number of carbonyl (C=O) groups is 2. The molecule has 0 fully saturated rings. The van der Waals surface area contributed by atoms with Crippen molar-refractivity contribution in [3.8, 4) is 0 Å². The van der Waals surface area contributed by atoms with E-state index in [9.17, 15) is 22.4 Å². The Hall–Kier alpha value is -3.14. The van der Waals surface area contributed by atoms with Gasteiger partial charge in [-0.3, -0.25) is 13.9 Å². The lowest BCUT2D eigenvalue weighted by Gasteiger charge is -2.32. The summed E-state index contributed by atoms with van der Waals surface area (Å²) < 4.78 is 42.1. The van der Waals surface area contributed by atoms with Crippen LogP contribution in [0.2, 0.25) is 10.0 Å². The van der Waals surface area contributed by atoms with E-state index in [1.54, 1.807) is 32.9 Å². The van der Waals surface area contributed by atoms with Crippen LogP contribution in [0, 0.1) is 12.7 Å². The molecule has 1 N–H and O–H groups in total. The Balaban J connectivity index is 2.07. The number of rotatable bonds is 10. The van der Waals surface area contributed by atoms with Crippen molar-refractivity contribution >= 4 is 50.7 Å². The van der Waals surface area contributed by atoms with Crippen LogP contribution >= 0.6 is 23.2 Å². The van der Waals surface area contributed by atoms with Crippen LogP contribution in [0.1, 0.15) is 31.9 Å². The first-order valence-electron chi connectivity index (χ1n) is 12.2. The highest BCUT2D eigenvalue weighted by atomic mass is 35.5. The maximum absolute atomic E-state index is 13.8. The molecular formula is C28H30Cl2FN3O4S. The van der Waals surface area contributed by atoms with Crippen molar-refractivity contribution in [2.24, 2.45) is 0 Å². The van der Waals surface area contributed by atoms with Crippen LogP contribution in [0.5, 0.6) is 0 Å². The SMILES string of the molecule is Cc1ccc(S(=O)(=O)N(CC(=O)N(Cc2ccc(F)cc2)[C@@H](C)C(=O)NC(C)C)c2cccc(Cl)c2Cl)cc1. The largest absolute Gasteiger partial charge is 0.352 e. The average molecular weight is 595 g/mol. The number of benzene rings is 3. The van der Waals surface area contributed by atoms with Gasteiger partial charge in [-0.25, -0.2) is 12.8 Å². The molecule has 39 heavy (non-hydrogen) atoms. The van der Waals surface area contributed by atoms with E-state index in [4.69, 9.17) is 23.2 Å². The van der Waals surface area contributed by atoms with Gasteiger partial charge in [0, 0.05) is 12.6 Å². The number of sulfonamides is 1. The highest BCUT2D eigenvalue weighted by Crippen LogP contribution is 2.35. The molecule has 0 aliphatic carbocycles. The molecule has 0 heterocycles. The van der Waals surface area contributed by atoms with E-state index in [1.807, 2.05) is 6.92 Å². The molecule has 3 aromatic rings. The predicted molar refractivity (Wildman–Crippen MR) is 152 cm³/mol. The number of halogens is 3. The van der Waals surface area contributed by atoms with Crippen molar-refractivity contribution in [1.82, 2.24) is 10.2 Å². The van der Waals surface area contributed by atoms with Crippen molar-refractivity contribution in [3.63, 3.8) is 0 Å². The first-order chi connectivity index (χ1) is 18.3. The smallest absolute Gasteiger partial charge is 0.264 e. The van der Waals surface area contributed by atoms with Gasteiger partial charge in [0.1, 0.15) is 18.4 Å². The molecule has 0 bridgehead atoms. The lowest BCUT2D eigenvalue weighted by Crippen LogP contribution is -2.52. The average Bonchev–Trinajstić information content (AvgIpc) is 2.88. The van der Waals surface area contributed by atoms with Gasteiger partial charge in [0.05, 0.1) is 20.6 Å². The van der Waals surface area contributed by atoms with Gasteiger partial charge in [0.2, 0.25) is 11.8 Å². The molecule has 2 amide bonds. The Bertz CT molecular complexity index is 1430. The first kappa shape index (κ1) is 30.4. The molecule has 3 rings (SSSR count). The summed E-state index contributed by atoms with van der Waals surface area (Å²) in [5, 5.41) is 2.84. The molecule has 1 atom stereocenters. The summed E-state index contributed by atoms with van der Waals surface area (Å²) in [7, 11) is -4.29. The van der Waals surface area contributed by atoms with Gasteiger partial charge < -0.3 is 10.2 Å². The van der Waals surface area contributed by atoms with Crippen molar-refractivity contribution in [2.75, 3.05) is 10.8 Å². The molecule has 11 heteroatoms. The molecule has 0 unspecified atom stereocenters. The summed E-state index contributed by atoms with van der Waals surface area (Å²) in [6, 6.07) is 15.0. The van der Waals surface area contributed by atoms with E-state index in [0.717, 1.165) is 9.87 Å². The molecule has 0 aliphatic heterocycles. The lowest BCUT2D eigenvalue weighted by molar-refractivity contribution is -0.139. The minimum Gasteiger partial charge on any atom is -0.352 e. The number of aryl methyl sites for hydroxylation is 1. The Morgan fingerprint density at radius 2 is 1.56 bits per heavy atom. The topological polar surface area (TPSA) is 86.8 Å². The van der Waals surface area contributed by atoms with Crippen LogP contribution in [0.3, 0.4) is 0 Å². The van der Waals surface area contributed by atoms with Crippen molar-refractivity contribution < 1.29 is 22.4 Å². The van der Waals surface area contributed by atoms with E-state index >= 15 is 0 Å². The van der Waals surface area contributed by atoms with E-state index in [-0.39, 0.29) is 33.2 Å². The Kier molecular flexibility index (Phi) is 9.98. The van der Waals surface area contributed by atoms with Gasteiger partial charge in [0.25, 0.3) is 10.0 Å². The monoisotopic (exact) mass is 593 g/mol. The normalized spacial score (nSPS) is 12.2. The van der Waals surface area contributed by atoms with Crippen LogP contribution in [-0.4, -0.2) is 43.8 Å². The summed E-state index contributed by atoms with van der Waals surface area (Å²) in [5.41, 5.74) is 1.43. The Morgan fingerprint density at radius 1 is 0.949 bits per heavy atom. The van der Waals surface area contributed by atoms with Crippen molar-refractivity contribution in [1.29, 1.82) is 0 Å². The van der Waals surface area contributed by atoms with Crippen LogP contribution in [0.25, 0.3) is 0 Å². The fraction of sp³-hybridized carbons (Fsp3) is 0.286. The van der Waals surface area contributed by atoms with Crippen LogP contribution in [0.4, 0.5) is 10.1 Å². The minimum absolute atomic E-state index is 0.0131. The number of amides is 2. The molecule has 0 saturated heterocycles. The summed E-state index contributed by atoms with van der Waals surface area (Å²) in [5.74, 6) is -1.54. The number of anilines is 1. The molecule has 0 radical (unpaired) electrons. The van der Waals surface area contributed by atoms with Crippen LogP contribution in [-0.2, 0) is 26.2 Å². The second-order valence-electron chi connectivity index (χ2n) is 9.39. The molecule has 7 nitrogen and oxygen atoms in total. The van der Waals surface area contributed by atoms with Gasteiger partial charge >= 0.3 is 0 Å². The third-order valence-electron chi connectivity index (χ3n) is 5.95. The summed E-state index contributed by atoms with van der Waals surface area (Å²) >= 11 is 12.6. The van der Waals surface area contributed by atoms with Crippen molar-refractivity contribution in [3.05, 3.63) is 93.7 Å². The number of hydrogen-bond donors (Lipinski definition) is 1. The maximum Gasteiger partial charge on any atom is 0.264 e. The van der Waals surface area contributed by atoms with Crippen LogP contribution in [0.15, 0.2) is 71.6 Å². The summed E-state index contributed by atoms with van der Waals surface area (Å²) in [4.78, 5) is 28.0. The first-order valence-corrected chi connectivity index (χ1v) is 14.4. The minimum atomic E-state index is -4.29. The van der Waals surface area contributed by atoms with Gasteiger partial charge in [-0.15, -0.1) is 0 Å². The second-order valence-corrected chi connectivity index (χ2v) is 12.0. The third kappa shape index (κ3) is 7.50. The predicted octanol–water partition coefficient (Wildman–Crippen LogP) is 5.58. The quantitative estimate of drug-likeness (QED) is 0.332. The molecule has 0 aliphatic rings. The maximum atomic E-state index is 13.8. The van der Waals surface area contributed by atoms with E-state index < -0.39 is 40.2 Å². The number of nitrogens with one attached hydrogen (secondary N) is 1. The van der Waals surface area contributed by atoms with Crippen molar-refractivity contribution in [2.45, 2.75) is 51.2 Å². The lowest BCUT2D eigenvalue weighted by atomic mass is 10.1. The zero-order chi connectivity index (χ0) is 28.9. The summed E-state index contributed by atoms with van der Waals surface area (Å²) in [6.07, 6.45) is 0. The van der Waals surface area contributed by atoms with Crippen LogP contribution < -0.4 is 9.62 Å². The second kappa shape index (κ2) is 12.8.